The molecule has 0 radical (unpaired) electrons. The summed E-state index contributed by atoms with van der Waals surface area (Å²) in [5.74, 6) is 0.918. The van der Waals surface area contributed by atoms with E-state index in [9.17, 15) is 4.79 Å². The van der Waals surface area contributed by atoms with E-state index in [1.165, 1.54) is 0 Å². The minimum Gasteiger partial charge on any atom is -0.378 e. The zero-order valence-electron chi connectivity index (χ0n) is 9.95. The fraction of sp³-hybridized carbons (Fsp3) is 0.615. The molecule has 0 aliphatic heterocycles. The van der Waals surface area contributed by atoms with Crippen molar-refractivity contribution in [3.05, 3.63) is 20.8 Å². The first-order valence-corrected chi connectivity index (χ1v) is 7.70. The Balaban J connectivity index is 1.69. The summed E-state index contributed by atoms with van der Waals surface area (Å²) >= 11 is 5.05. The zero-order valence-corrected chi connectivity index (χ0v) is 12.4. The topological polar surface area (TPSA) is 26.3 Å². The molecule has 0 saturated heterocycles. The molecule has 2 nitrogen and oxygen atoms in total. The molecule has 0 unspecified atom stereocenters. The number of carbonyl (C=O) groups is 1. The lowest BCUT2D eigenvalue weighted by Gasteiger charge is -2.34. The van der Waals surface area contributed by atoms with Crippen LogP contribution in [0.15, 0.2) is 15.9 Å². The van der Waals surface area contributed by atoms with Gasteiger partial charge >= 0.3 is 0 Å². The average Bonchev–Trinajstić information content (AvgIpc) is 2.61. The highest BCUT2D eigenvalue weighted by Gasteiger charge is 2.30. The van der Waals surface area contributed by atoms with Gasteiger partial charge in [0.1, 0.15) is 5.78 Å². The van der Waals surface area contributed by atoms with Crippen molar-refractivity contribution >= 4 is 33.0 Å². The number of hydrogen-bond donors (Lipinski definition) is 0. The van der Waals surface area contributed by atoms with Crippen LogP contribution in [-0.4, -0.2) is 18.5 Å². The highest BCUT2D eigenvalue weighted by Crippen LogP contribution is 2.33. The van der Waals surface area contributed by atoms with Gasteiger partial charge in [-0.3, -0.25) is 4.79 Å². The van der Waals surface area contributed by atoms with E-state index in [0.717, 1.165) is 35.2 Å². The molecule has 0 aromatic carbocycles. The van der Waals surface area contributed by atoms with Crippen LogP contribution in [0.4, 0.5) is 0 Å². The summed E-state index contributed by atoms with van der Waals surface area (Å²) in [4.78, 5) is 13.0. The molecule has 1 aromatic rings. The number of carbonyl (C=O) groups excluding carboxylic acids is 1. The molecule has 17 heavy (non-hydrogen) atoms. The highest BCUT2D eigenvalue weighted by atomic mass is 79.9. The van der Waals surface area contributed by atoms with Crippen molar-refractivity contribution in [1.82, 2.24) is 0 Å². The lowest BCUT2D eigenvalue weighted by Crippen LogP contribution is -2.32. The van der Waals surface area contributed by atoms with Crippen molar-refractivity contribution in [3.8, 4) is 0 Å². The Kier molecular flexibility index (Phi) is 4.77. The van der Waals surface area contributed by atoms with Gasteiger partial charge in [0, 0.05) is 34.2 Å². The number of thiophene rings is 1. The molecule has 4 heteroatoms. The Labute approximate surface area is 114 Å². The maximum Gasteiger partial charge on any atom is 0.138 e. The van der Waals surface area contributed by atoms with Crippen LogP contribution < -0.4 is 0 Å². The van der Waals surface area contributed by atoms with E-state index >= 15 is 0 Å². The largest absolute Gasteiger partial charge is 0.378 e. The summed E-state index contributed by atoms with van der Waals surface area (Å²) in [7, 11) is 0. The van der Waals surface area contributed by atoms with Crippen LogP contribution in [0.1, 0.15) is 31.1 Å². The van der Waals surface area contributed by atoms with Crippen molar-refractivity contribution < 1.29 is 9.53 Å². The maximum atomic E-state index is 11.8. The summed E-state index contributed by atoms with van der Waals surface area (Å²) < 4.78 is 6.57. The predicted molar refractivity (Wildman–Crippen MR) is 73.5 cm³/mol. The van der Waals surface area contributed by atoms with E-state index < -0.39 is 0 Å². The van der Waals surface area contributed by atoms with Gasteiger partial charge in [0.25, 0.3) is 0 Å². The van der Waals surface area contributed by atoms with Crippen LogP contribution in [0, 0.1) is 5.92 Å². The summed E-state index contributed by atoms with van der Waals surface area (Å²) in [6.07, 6.45) is 3.85. The van der Waals surface area contributed by atoms with Crippen molar-refractivity contribution in [2.45, 2.75) is 38.7 Å². The summed E-state index contributed by atoms with van der Waals surface area (Å²) in [5.41, 5.74) is 0. The Morgan fingerprint density at radius 2 is 2.35 bits per heavy atom. The van der Waals surface area contributed by atoms with Crippen molar-refractivity contribution in [2.24, 2.45) is 5.92 Å². The number of Topliss-reactive ketones (excluding diaryl/α,β-unsaturated/α-hetero) is 1. The molecule has 0 bridgehead atoms. The Bertz CT molecular complexity index is 383. The Hall–Kier alpha value is -0.190. The van der Waals surface area contributed by atoms with E-state index in [1.807, 2.05) is 18.4 Å². The molecule has 0 atom stereocenters. The Morgan fingerprint density at radius 3 is 2.94 bits per heavy atom. The lowest BCUT2D eigenvalue weighted by atomic mass is 9.78. The van der Waals surface area contributed by atoms with Gasteiger partial charge in [-0.2, -0.15) is 0 Å². The van der Waals surface area contributed by atoms with Gasteiger partial charge in [-0.1, -0.05) is 0 Å². The van der Waals surface area contributed by atoms with Gasteiger partial charge in [0.2, 0.25) is 0 Å². The van der Waals surface area contributed by atoms with E-state index in [4.69, 9.17) is 4.74 Å². The SMILES string of the molecule is CCOC1CC(CC(=O)Cc2cc(Br)cs2)C1. The molecule has 1 aliphatic rings. The molecular weight excluding hydrogens is 300 g/mol. The molecule has 1 heterocycles. The summed E-state index contributed by atoms with van der Waals surface area (Å²) in [6.45, 7) is 2.81. The van der Waals surface area contributed by atoms with E-state index in [1.54, 1.807) is 11.3 Å². The summed E-state index contributed by atoms with van der Waals surface area (Å²) in [6, 6.07) is 2.03. The second-order valence-corrected chi connectivity index (χ2v) is 6.48. The minimum absolute atomic E-state index is 0.360. The van der Waals surface area contributed by atoms with Gasteiger partial charge in [-0.25, -0.2) is 0 Å². The smallest absolute Gasteiger partial charge is 0.138 e. The molecule has 1 aliphatic carbocycles. The van der Waals surface area contributed by atoms with Gasteiger partial charge in [0.15, 0.2) is 0 Å². The van der Waals surface area contributed by atoms with Gasteiger partial charge < -0.3 is 4.74 Å². The van der Waals surface area contributed by atoms with Gasteiger partial charge in [0.05, 0.1) is 6.10 Å². The second-order valence-electron chi connectivity index (χ2n) is 4.57. The third kappa shape index (κ3) is 3.90. The Morgan fingerprint density at radius 1 is 1.59 bits per heavy atom. The third-order valence-corrected chi connectivity index (χ3v) is 4.80. The summed E-state index contributed by atoms with van der Waals surface area (Å²) in [5, 5.41) is 2.02. The lowest BCUT2D eigenvalue weighted by molar-refractivity contribution is -0.121. The normalized spacial score (nSPS) is 23.4. The maximum absolute atomic E-state index is 11.8. The molecule has 1 fully saturated rings. The monoisotopic (exact) mass is 316 g/mol. The van der Waals surface area contributed by atoms with Crippen LogP contribution in [0.25, 0.3) is 0 Å². The molecule has 0 spiro atoms. The average molecular weight is 317 g/mol. The van der Waals surface area contributed by atoms with E-state index in [-0.39, 0.29) is 0 Å². The number of hydrogen-bond acceptors (Lipinski definition) is 3. The highest BCUT2D eigenvalue weighted by molar-refractivity contribution is 9.10. The number of halogens is 1. The quantitative estimate of drug-likeness (QED) is 0.797. The molecular formula is C13H17BrO2S. The fourth-order valence-corrected chi connectivity index (χ4v) is 3.73. The van der Waals surface area contributed by atoms with E-state index in [0.29, 0.717) is 24.2 Å². The zero-order chi connectivity index (χ0) is 12.3. The van der Waals surface area contributed by atoms with Crippen LogP contribution in [0.2, 0.25) is 0 Å². The van der Waals surface area contributed by atoms with E-state index in [2.05, 4.69) is 15.9 Å². The van der Waals surface area contributed by atoms with Gasteiger partial charge in [-0.15, -0.1) is 11.3 Å². The van der Waals surface area contributed by atoms with Crippen LogP contribution in [0.3, 0.4) is 0 Å². The van der Waals surface area contributed by atoms with Crippen molar-refractivity contribution in [3.63, 3.8) is 0 Å². The molecule has 2 rings (SSSR count). The standard InChI is InChI=1S/C13H17BrO2S/c1-2-16-12-4-9(5-12)3-11(15)7-13-6-10(14)8-17-13/h6,8-9,12H,2-5,7H2,1H3. The fourth-order valence-electron chi connectivity index (χ4n) is 2.25. The predicted octanol–water partition coefficient (Wildman–Crippen LogP) is 3.83. The molecule has 1 aromatic heterocycles. The van der Waals surface area contributed by atoms with Crippen LogP contribution >= 0.6 is 27.3 Å². The van der Waals surface area contributed by atoms with Crippen molar-refractivity contribution in [1.29, 1.82) is 0 Å². The first kappa shape index (κ1) is 13.2. The second kappa shape index (κ2) is 6.12. The van der Waals surface area contributed by atoms with Crippen LogP contribution in [-0.2, 0) is 16.0 Å². The van der Waals surface area contributed by atoms with Crippen molar-refractivity contribution in [2.75, 3.05) is 6.61 Å². The molecule has 1 saturated carbocycles. The molecule has 0 amide bonds. The first-order valence-electron chi connectivity index (χ1n) is 6.03. The number of ether oxygens (including phenoxy) is 1. The van der Waals surface area contributed by atoms with Gasteiger partial charge in [-0.05, 0) is 47.7 Å². The minimum atomic E-state index is 0.360. The first-order chi connectivity index (χ1) is 8.17. The third-order valence-electron chi connectivity index (χ3n) is 3.10. The number of rotatable bonds is 6. The molecule has 94 valence electrons. The van der Waals surface area contributed by atoms with Crippen LogP contribution in [0.5, 0.6) is 0 Å². The molecule has 0 N–H and O–H groups in total. The number of ketones is 1.